The summed E-state index contributed by atoms with van der Waals surface area (Å²) in [5, 5.41) is 3.32. The van der Waals surface area contributed by atoms with Crippen molar-refractivity contribution in [3.05, 3.63) is 16.5 Å². The molecule has 0 unspecified atom stereocenters. The Morgan fingerprint density at radius 2 is 2.10 bits per heavy atom. The van der Waals surface area contributed by atoms with Gasteiger partial charge in [0.05, 0.1) is 6.54 Å². The largest absolute Gasteiger partial charge is 0.452 e. The third-order valence-electron chi connectivity index (χ3n) is 4.28. The van der Waals surface area contributed by atoms with Crippen LogP contribution in [0, 0.1) is 5.92 Å². The van der Waals surface area contributed by atoms with Crippen molar-refractivity contribution in [2.45, 2.75) is 49.6 Å². The van der Waals surface area contributed by atoms with Crippen molar-refractivity contribution in [1.29, 1.82) is 0 Å². The summed E-state index contributed by atoms with van der Waals surface area (Å²) in [6.07, 6.45) is 5.85. The quantitative estimate of drug-likeness (QED) is 0.794. The van der Waals surface area contributed by atoms with E-state index in [-0.39, 0.29) is 4.90 Å². The molecular weight excluding hydrogens is 356 g/mol. The van der Waals surface area contributed by atoms with Crippen LogP contribution in [-0.2, 0) is 16.6 Å². The van der Waals surface area contributed by atoms with Gasteiger partial charge in [0.15, 0.2) is 4.67 Å². The van der Waals surface area contributed by atoms with Gasteiger partial charge in [-0.25, -0.2) is 12.7 Å². The molecule has 2 aliphatic rings. The molecule has 0 aromatic carbocycles. The van der Waals surface area contributed by atoms with E-state index in [0.29, 0.717) is 35.5 Å². The van der Waals surface area contributed by atoms with Gasteiger partial charge in [0, 0.05) is 25.7 Å². The van der Waals surface area contributed by atoms with E-state index in [0.717, 1.165) is 12.8 Å². The zero-order valence-corrected chi connectivity index (χ0v) is 14.5. The Hall–Kier alpha value is -0.370. The molecule has 2 aliphatic carbocycles. The first-order valence-corrected chi connectivity index (χ1v) is 9.68. The molecule has 0 atom stereocenters. The standard InChI is InChI=1S/C14H21BrN2O3S/c1-17(9-10-3-2-4-10)21(18,19)13-7-12(20-14(13)15)8-16-11-5-6-11/h7,10-11,16H,2-6,8-9H2,1H3. The lowest BCUT2D eigenvalue weighted by Gasteiger charge is -2.29. The fourth-order valence-corrected chi connectivity index (χ4v) is 4.70. The Bertz CT molecular complexity index is 606. The van der Waals surface area contributed by atoms with Gasteiger partial charge in [-0.1, -0.05) is 6.42 Å². The highest BCUT2D eigenvalue weighted by Crippen LogP contribution is 2.32. The van der Waals surface area contributed by atoms with E-state index in [2.05, 4.69) is 21.2 Å². The third-order valence-corrected chi connectivity index (χ3v) is 6.96. The summed E-state index contributed by atoms with van der Waals surface area (Å²) in [5.74, 6) is 1.16. The van der Waals surface area contributed by atoms with Crippen LogP contribution in [0.5, 0.6) is 0 Å². The SMILES string of the molecule is CN(CC1CCC1)S(=O)(=O)c1cc(CNC2CC2)oc1Br. The van der Waals surface area contributed by atoms with Crippen molar-refractivity contribution in [3.8, 4) is 0 Å². The lowest BCUT2D eigenvalue weighted by molar-refractivity contribution is 0.263. The number of hydrogen-bond donors (Lipinski definition) is 1. The molecule has 0 amide bonds. The molecule has 1 N–H and O–H groups in total. The van der Waals surface area contributed by atoms with Crippen LogP contribution in [0.15, 0.2) is 20.0 Å². The van der Waals surface area contributed by atoms with Crippen LogP contribution in [-0.4, -0.2) is 32.4 Å². The molecule has 0 radical (unpaired) electrons. The predicted octanol–water partition coefficient (Wildman–Crippen LogP) is 2.71. The maximum atomic E-state index is 12.6. The Morgan fingerprint density at radius 3 is 2.67 bits per heavy atom. The van der Waals surface area contributed by atoms with Gasteiger partial charge in [-0.3, -0.25) is 0 Å². The van der Waals surface area contributed by atoms with Crippen LogP contribution in [0.2, 0.25) is 0 Å². The van der Waals surface area contributed by atoms with E-state index < -0.39 is 10.0 Å². The van der Waals surface area contributed by atoms with Gasteiger partial charge < -0.3 is 9.73 Å². The molecule has 0 saturated heterocycles. The number of nitrogens with zero attached hydrogens (tertiary/aromatic N) is 1. The average Bonchev–Trinajstić information content (AvgIpc) is 3.13. The van der Waals surface area contributed by atoms with Crippen LogP contribution in [0.4, 0.5) is 0 Å². The first-order chi connectivity index (χ1) is 9.96. The van der Waals surface area contributed by atoms with E-state index >= 15 is 0 Å². The number of halogens is 1. The van der Waals surface area contributed by atoms with Gasteiger partial charge in [-0.05, 0) is 47.5 Å². The molecule has 7 heteroatoms. The monoisotopic (exact) mass is 376 g/mol. The number of rotatable bonds is 7. The van der Waals surface area contributed by atoms with Crippen molar-refractivity contribution >= 4 is 26.0 Å². The predicted molar refractivity (Wildman–Crippen MR) is 83.4 cm³/mol. The highest BCUT2D eigenvalue weighted by molar-refractivity contribution is 9.10. The van der Waals surface area contributed by atoms with E-state index in [1.54, 1.807) is 13.1 Å². The van der Waals surface area contributed by atoms with E-state index in [9.17, 15) is 8.42 Å². The second-order valence-electron chi connectivity index (χ2n) is 6.09. The van der Waals surface area contributed by atoms with Crippen LogP contribution in [0.25, 0.3) is 0 Å². The van der Waals surface area contributed by atoms with Crippen LogP contribution in [0.3, 0.4) is 0 Å². The molecule has 0 spiro atoms. The number of nitrogens with one attached hydrogen (secondary N) is 1. The molecule has 5 nitrogen and oxygen atoms in total. The zero-order valence-electron chi connectivity index (χ0n) is 12.1. The minimum atomic E-state index is -3.48. The summed E-state index contributed by atoms with van der Waals surface area (Å²) in [4.78, 5) is 0.233. The summed E-state index contributed by atoms with van der Waals surface area (Å²) >= 11 is 3.24. The molecule has 0 aliphatic heterocycles. The van der Waals surface area contributed by atoms with Gasteiger partial charge in [-0.15, -0.1) is 0 Å². The van der Waals surface area contributed by atoms with Crippen molar-refractivity contribution in [3.63, 3.8) is 0 Å². The molecule has 1 aromatic heterocycles. The summed E-state index contributed by atoms with van der Waals surface area (Å²) in [7, 11) is -1.83. The lowest BCUT2D eigenvalue weighted by Crippen LogP contribution is -2.34. The first-order valence-electron chi connectivity index (χ1n) is 7.45. The fourth-order valence-electron chi connectivity index (χ4n) is 2.50. The van der Waals surface area contributed by atoms with Crippen molar-refractivity contribution in [2.75, 3.05) is 13.6 Å². The average molecular weight is 377 g/mol. The van der Waals surface area contributed by atoms with Gasteiger partial charge in [0.1, 0.15) is 10.7 Å². The molecule has 2 saturated carbocycles. The van der Waals surface area contributed by atoms with E-state index in [1.807, 2.05) is 0 Å². The molecule has 0 bridgehead atoms. The zero-order chi connectivity index (χ0) is 15.0. The second kappa shape index (κ2) is 6.02. The van der Waals surface area contributed by atoms with Crippen molar-refractivity contribution < 1.29 is 12.8 Å². The van der Waals surface area contributed by atoms with Crippen LogP contribution >= 0.6 is 15.9 Å². The maximum absolute atomic E-state index is 12.6. The topological polar surface area (TPSA) is 62.6 Å². The minimum absolute atomic E-state index is 0.233. The molecule has 1 heterocycles. The van der Waals surface area contributed by atoms with Gasteiger partial charge in [0.2, 0.25) is 10.0 Å². The Labute approximate surface area is 134 Å². The van der Waals surface area contributed by atoms with Gasteiger partial charge in [-0.2, -0.15) is 0 Å². The molecular formula is C14H21BrN2O3S. The van der Waals surface area contributed by atoms with Crippen molar-refractivity contribution in [1.82, 2.24) is 9.62 Å². The molecule has 3 rings (SSSR count). The summed E-state index contributed by atoms with van der Waals surface area (Å²) in [5.41, 5.74) is 0. The minimum Gasteiger partial charge on any atom is -0.452 e. The third kappa shape index (κ3) is 3.52. The van der Waals surface area contributed by atoms with Crippen molar-refractivity contribution in [2.24, 2.45) is 5.92 Å². The summed E-state index contributed by atoms with van der Waals surface area (Å²) < 4.78 is 32.5. The van der Waals surface area contributed by atoms with E-state index in [1.165, 1.54) is 23.6 Å². The Morgan fingerprint density at radius 1 is 1.38 bits per heavy atom. The summed E-state index contributed by atoms with van der Waals surface area (Å²) in [6, 6.07) is 2.20. The smallest absolute Gasteiger partial charge is 0.247 e. The maximum Gasteiger partial charge on any atom is 0.247 e. The fraction of sp³-hybridized carbons (Fsp3) is 0.714. The van der Waals surface area contributed by atoms with Gasteiger partial charge >= 0.3 is 0 Å². The molecule has 21 heavy (non-hydrogen) atoms. The number of hydrogen-bond acceptors (Lipinski definition) is 4. The number of furan rings is 1. The Kier molecular flexibility index (Phi) is 4.45. The molecule has 118 valence electrons. The molecule has 2 fully saturated rings. The highest BCUT2D eigenvalue weighted by atomic mass is 79.9. The normalized spacial score (nSPS) is 20.0. The van der Waals surface area contributed by atoms with Crippen LogP contribution in [0.1, 0.15) is 37.9 Å². The summed E-state index contributed by atoms with van der Waals surface area (Å²) in [6.45, 7) is 1.17. The highest BCUT2D eigenvalue weighted by Gasteiger charge is 2.30. The lowest BCUT2D eigenvalue weighted by atomic mass is 9.86. The van der Waals surface area contributed by atoms with Gasteiger partial charge in [0.25, 0.3) is 0 Å². The number of sulfonamides is 1. The Balaban J connectivity index is 1.70. The van der Waals surface area contributed by atoms with Crippen LogP contribution < -0.4 is 5.32 Å². The first kappa shape index (κ1) is 15.5. The van der Waals surface area contributed by atoms with E-state index in [4.69, 9.17) is 4.42 Å². The molecule has 1 aromatic rings. The second-order valence-corrected chi connectivity index (χ2v) is 8.82.